The van der Waals surface area contributed by atoms with Crippen molar-refractivity contribution in [2.24, 2.45) is 0 Å². The normalized spacial score (nSPS) is 9.67. The third-order valence-electron chi connectivity index (χ3n) is 1.97. The number of pyridine rings is 1. The number of rotatable bonds is 2. The van der Waals surface area contributed by atoms with Crippen LogP contribution in [0.2, 0.25) is 0 Å². The summed E-state index contributed by atoms with van der Waals surface area (Å²) in [5.74, 6) is 0.308. The van der Waals surface area contributed by atoms with E-state index in [-0.39, 0.29) is 38.6 Å². The van der Waals surface area contributed by atoms with Crippen LogP contribution in [0.25, 0.3) is 0 Å². The Kier molecular flexibility index (Phi) is 6.22. The van der Waals surface area contributed by atoms with Crippen LogP contribution in [0.3, 0.4) is 0 Å². The van der Waals surface area contributed by atoms with E-state index in [1.807, 2.05) is 0 Å². The van der Waals surface area contributed by atoms with E-state index < -0.39 is 0 Å². The molecule has 0 bridgehead atoms. The summed E-state index contributed by atoms with van der Waals surface area (Å²) in [5, 5.41) is 0. The Morgan fingerprint density at radius 2 is 2.07 bits per heavy atom. The van der Waals surface area contributed by atoms with Gasteiger partial charge in [-0.05, 0) is 5.92 Å². The van der Waals surface area contributed by atoms with Crippen LogP contribution in [0.15, 0.2) is 12.3 Å². The second-order valence-electron chi connectivity index (χ2n) is 3.74. The van der Waals surface area contributed by atoms with Gasteiger partial charge in [-0.15, -0.1) is 11.6 Å². The maximum absolute atomic E-state index is 11.5. The first-order valence-corrected chi connectivity index (χ1v) is 4.61. The fourth-order valence-corrected chi connectivity index (χ4v) is 1.03. The van der Waals surface area contributed by atoms with Crippen molar-refractivity contribution in [3.8, 4) is 0 Å². The molecule has 0 aromatic carbocycles. The van der Waals surface area contributed by atoms with Gasteiger partial charge in [0.1, 0.15) is 0 Å². The number of carbonyl (C=O) groups excluding carboxylic acids is 1. The van der Waals surface area contributed by atoms with E-state index in [0.29, 0.717) is 11.6 Å². The van der Waals surface area contributed by atoms with Crippen LogP contribution >= 0.6 is 0 Å². The number of nitrogens with zero attached hydrogens (tertiary/aromatic N) is 2. The number of hydrogen-bond acceptors (Lipinski definition) is 2. The van der Waals surface area contributed by atoms with Crippen LogP contribution in [0, 0.1) is 6.07 Å². The second-order valence-corrected chi connectivity index (χ2v) is 3.74. The molecule has 15 heavy (non-hydrogen) atoms. The van der Waals surface area contributed by atoms with Gasteiger partial charge < -0.3 is 9.88 Å². The van der Waals surface area contributed by atoms with Crippen molar-refractivity contribution in [1.82, 2.24) is 9.88 Å². The Labute approximate surface area is 116 Å². The Hall–Kier alpha value is -0.276. The predicted octanol–water partition coefficient (Wildman–Crippen LogP) is 1.70. The van der Waals surface area contributed by atoms with Crippen molar-refractivity contribution >= 4 is 5.91 Å². The van der Waals surface area contributed by atoms with Gasteiger partial charge in [0, 0.05) is 52.5 Å². The number of carbonyl (C=O) groups is 1. The molecule has 0 saturated heterocycles. The molecule has 0 spiro atoms. The molecule has 1 radical (unpaired) electrons. The third-order valence-corrected chi connectivity index (χ3v) is 1.97. The molecule has 0 aliphatic rings. The molecule has 1 amide bonds. The van der Waals surface area contributed by atoms with E-state index in [4.69, 9.17) is 0 Å². The number of hydrogen-bond donors (Lipinski definition) is 0. The van der Waals surface area contributed by atoms with Gasteiger partial charge in [0.05, 0.1) is 0 Å². The molecule has 1 aromatic rings. The Morgan fingerprint density at radius 1 is 1.47 bits per heavy atom. The summed E-state index contributed by atoms with van der Waals surface area (Å²) in [5.41, 5.74) is 1.47. The predicted molar refractivity (Wildman–Crippen MR) is 55.2 cm³/mol. The molecule has 0 saturated carbocycles. The fourth-order valence-electron chi connectivity index (χ4n) is 1.03. The molecule has 0 atom stereocenters. The first kappa shape index (κ1) is 14.7. The van der Waals surface area contributed by atoms with Gasteiger partial charge in [0.15, 0.2) is 0 Å². The first-order chi connectivity index (χ1) is 6.52. The molecular formula is C11H15N2OY-. The van der Waals surface area contributed by atoms with E-state index in [2.05, 4.69) is 24.9 Å². The Bertz CT molecular complexity index is 320. The maximum Gasteiger partial charge on any atom is 0.215 e. The van der Waals surface area contributed by atoms with Gasteiger partial charge in [-0.3, -0.25) is 4.79 Å². The largest absolute Gasteiger partial charge is 0.378 e. The molecule has 0 unspecified atom stereocenters. The smallest absolute Gasteiger partial charge is 0.215 e. The van der Waals surface area contributed by atoms with Crippen molar-refractivity contribution in [3.63, 3.8) is 0 Å². The van der Waals surface area contributed by atoms with Crippen molar-refractivity contribution in [1.29, 1.82) is 0 Å². The zero-order valence-corrected chi connectivity index (χ0v) is 12.5. The van der Waals surface area contributed by atoms with E-state index >= 15 is 0 Å². The standard InChI is InChI=1S/C11H15N2O.Y/c1-8(2)9-5-6-10(12-7-9)11(14)13(3)4;/h6-8H,1-4H3;/q-1;. The van der Waals surface area contributed by atoms with Crippen LogP contribution < -0.4 is 0 Å². The topological polar surface area (TPSA) is 33.2 Å². The van der Waals surface area contributed by atoms with Gasteiger partial charge >= 0.3 is 0 Å². The van der Waals surface area contributed by atoms with E-state index in [0.717, 1.165) is 5.56 Å². The zero-order valence-electron chi connectivity index (χ0n) is 9.61. The Morgan fingerprint density at radius 3 is 2.40 bits per heavy atom. The SMILES string of the molecule is CC(C)c1[c-]cc(C(=O)N(C)C)nc1.[Y]. The molecule has 0 N–H and O–H groups in total. The molecule has 1 heterocycles. The minimum absolute atomic E-state index is 0. The minimum Gasteiger partial charge on any atom is -0.378 e. The van der Waals surface area contributed by atoms with E-state index in [1.54, 1.807) is 26.4 Å². The molecule has 0 fully saturated rings. The molecule has 1 rings (SSSR count). The Balaban J connectivity index is 0.00000196. The van der Waals surface area contributed by atoms with Gasteiger partial charge in [-0.1, -0.05) is 20.0 Å². The molecule has 3 nitrogen and oxygen atoms in total. The summed E-state index contributed by atoms with van der Waals surface area (Å²) in [7, 11) is 3.42. The van der Waals surface area contributed by atoms with Crippen LogP contribution in [0.1, 0.15) is 35.8 Å². The number of amides is 1. The molecule has 4 heteroatoms. The average Bonchev–Trinajstić information content (AvgIpc) is 2.16. The minimum atomic E-state index is -0.0865. The van der Waals surface area contributed by atoms with Gasteiger partial charge in [0.25, 0.3) is 0 Å². The summed E-state index contributed by atoms with van der Waals surface area (Å²) >= 11 is 0. The zero-order chi connectivity index (χ0) is 10.7. The summed E-state index contributed by atoms with van der Waals surface area (Å²) in [6.45, 7) is 4.14. The quantitative estimate of drug-likeness (QED) is 0.773. The van der Waals surface area contributed by atoms with Crippen molar-refractivity contribution in [2.75, 3.05) is 14.1 Å². The third kappa shape index (κ3) is 4.00. The average molecular weight is 280 g/mol. The molecule has 79 valence electrons. The van der Waals surface area contributed by atoms with Crippen LogP contribution in [-0.4, -0.2) is 29.9 Å². The summed E-state index contributed by atoms with van der Waals surface area (Å²) in [6, 6.07) is 4.71. The summed E-state index contributed by atoms with van der Waals surface area (Å²) < 4.78 is 0. The van der Waals surface area contributed by atoms with E-state index in [9.17, 15) is 4.79 Å². The van der Waals surface area contributed by atoms with Crippen molar-refractivity contribution in [3.05, 3.63) is 29.6 Å². The molecule has 1 aromatic heterocycles. The second kappa shape index (κ2) is 6.34. The van der Waals surface area contributed by atoms with Crippen molar-refractivity contribution in [2.45, 2.75) is 19.8 Å². The van der Waals surface area contributed by atoms with Crippen molar-refractivity contribution < 1.29 is 37.5 Å². The van der Waals surface area contributed by atoms with Gasteiger partial charge in [-0.25, -0.2) is 0 Å². The van der Waals surface area contributed by atoms with Gasteiger partial charge in [-0.2, -0.15) is 6.07 Å². The fraction of sp³-hybridized carbons (Fsp3) is 0.455. The number of aromatic nitrogens is 1. The maximum atomic E-state index is 11.5. The summed E-state index contributed by atoms with van der Waals surface area (Å²) in [4.78, 5) is 17.1. The molecule has 0 aliphatic heterocycles. The van der Waals surface area contributed by atoms with Crippen LogP contribution in [0.4, 0.5) is 0 Å². The molecular weight excluding hydrogens is 265 g/mol. The monoisotopic (exact) mass is 280 g/mol. The van der Waals surface area contributed by atoms with Crippen LogP contribution in [-0.2, 0) is 32.7 Å². The first-order valence-electron chi connectivity index (χ1n) is 4.61. The van der Waals surface area contributed by atoms with Gasteiger partial charge in [0.2, 0.25) is 5.91 Å². The van der Waals surface area contributed by atoms with Crippen LogP contribution in [0.5, 0.6) is 0 Å². The summed E-state index contributed by atoms with van der Waals surface area (Å²) in [6.07, 6.45) is 1.71. The van der Waals surface area contributed by atoms with E-state index in [1.165, 1.54) is 4.90 Å². The molecule has 0 aliphatic carbocycles.